The molecule has 0 aliphatic rings. The zero-order valence-corrected chi connectivity index (χ0v) is 12.6. The van der Waals surface area contributed by atoms with Gasteiger partial charge < -0.3 is 5.73 Å². The van der Waals surface area contributed by atoms with Crippen LogP contribution in [-0.4, -0.2) is 20.7 Å². The van der Waals surface area contributed by atoms with E-state index in [2.05, 4.69) is 0 Å². The van der Waals surface area contributed by atoms with Gasteiger partial charge >= 0.3 is 0 Å². The third kappa shape index (κ3) is 4.51. The van der Waals surface area contributed by atoms with E-state index in [0.717, 1.165) is 24.1 Å². The minimum absolute atomic E-state index is 0.210. The quantitative estimate of drug-likeness (QED) is 0.797. The van der Waals surface area contributed by atoms with Gasteiger partial charge in [0.05, 0.1) is 11.4 Å². The van der Waals surface area contributed by atoms with Crippen LogP contribution in [0.1, 0.15) is 38.7 Å². The number of nitrogens with zero attached hydrogens (tertiary/aromatic N) is 1. The summed E-state index contributed by atoms with van der Waals surface area (Å²) < 4.78 is 26.2. The highest BCUT2D eigenvalue weighted by atomic mass is 32.2. The number of unbranched alkanes of at least 4 members (excludes halogenated alkanes) is 1. The van der Waals surface area contributed by atoms with Gasteiger partial charge in [-0.3, -0.25) is 4.31 Å². The zero-order valence-electron chi connectivity index (χ0n) is 11.8. The minimum Gasteiger partial charge on any atom is -0.326 e. The van der Waals surface area contributed by atoms with E-state index < -0.39 is 10.0 Å². The molecule has 0 aliphatic heterocycles. The Kier molecular flexibility index (Phi) is 6.31. The lowest BCUT2D eigenvalue weighted by Crippen LogP contribution is -2.33. The molecule has 0 spiro atoms. The molecular formula is C14H24N2O2S. The third-order valence-corrected chi connectivity index (χ3v) is 4.85. The highest BCUT2D eigenvalue weighted by molar-refractivity contribution is 7.92. The van der Waals surface area contributed by atoms with Crippen LogP contribution < -0.4 is 10.0 Å². The highest BCUT2D eigenvalue weighted by Gasteiger charge is 2.20. The molecular weight excluding hydrogens is 260 g/mol. The average molecular weight is 284 g/mol. The number of nitrogens with two attached hydrogens (primary N) is 1. The molecule has 0 aliphatic carbocycles. The number of rotatable bonds is 8. The second-order valence-electron chi connectivity index (χ2n) is 4.61. The van der Waals surface area contributed by atoms with Gasteiger partial charge in [-0.15, -0.1) is 0 Å². The van der Waals surface area contributed by atoms with E-state index in [1.165, 1.54) is 4.31 Å². The molecule has 0 radical (unpaired) electrons. The maximum Gasteiger partial charge on any atom is 0.235 e. The fourth-order valence-corrected chi connectivity index (χ4v) is 3.64. The van der Waals surface area contributed by atoms with Gasteiger partial charge in [0.2, 0.25) is 10.0 Å². The van der Waals surface area contributed by atoms with Crippen LogP contribution in [0.15, 0.2) is 24.3 Å². The fraction of sp³-hybridized carbons (Fsp3) is 0.571. The number of anilines is 1. The van der Waals surface area contributed by atoms with E-state index in [4.69, 9.17) is 5.73 Å². The molecule has 4 nitrogen and oxygen atoms in total. The first kappa shape index (κ1) is 16.0. The van der Waals surface area contributed by atoms with Gasteiger partial charge in [-0.25, -0.2) is 8.42 Å². The van der Waals surface area contributed by atoms with Crippen LogP contribution in [-0.2, 0) is 16.6 Å². The Morgan fingerprint density at radius 3 is 2.21 bits per heavy atom. The van der Waals surface area contributed by atoms with Crippen molar-refractivity contribution in [3.8, 4) is 0 Å². The molecule has 0 saturated heterocycles. The van der Waals surface area contributed by atoms with Crippen LogP contribution in [0.25, 0.3) is 0 Å². The summed E-state index contributed by atoms with van der Waals surface area (Å²) in [6.45, 7) is 4.97. The number of hydrogen-bond donors (Lipinski definition) is 1. The molecule has 0 saturated carbocycles. The van der Waals surface area contributed by atoms with E-state index in [1.807, 2.05) is 38.1 Å². The van der Waals surface area contributed by atoms with Crippen molar-refractivity contribution >= 4 is 15.7 Å². The van der Waals surface area contributed by atoms with Crippen LogP contribution in [0, 0.1) is 0 Å². The summed E-state index contributed by atoms with van der Waals surface area (Å²) in [7, 11) is -3.22. The van der Waals surface area contributed by atoms with E-state index in [9.17, 15) is 8.42 Å². The molecule has 0 amide bonds. The SMILES string of the molecule is CCCCS(=O)(=O)N(CCC)c1ccc(CN)cc1. The Hall–Kier alpha value is -1.07. The van der Waals surface area contributed by atoms with Gasteiger partial charge in [0.15, 0.2) is 0 Å². The Labute approximate surface area is 116 Å². The monoisotopic (exact) mass is 284 g/mol. The first-order valence-electron chi connectivity index (χ1n) is 6.84. The maximum atomic E-state index is 12.3. The van der Waals surface area contributed by atoms with Crippen molar-refractivity contribution in [1.82, 2.24) is 0 Å². The Morgan fingerprint density at radius 2 is 1.74 bits per heavy atom. The predicted octanol–water partition coefficient (Wildman–Crippen LogP) is 2.49. The molecule has 1 rings (SSSR count). The lowest BCUT2D eigenvalue weighted by Gasteiger charge is -2.24. The first-order valence-corrected chi connectivity index (χ1v) is 8.45. The van der Waals surface area contributed by atoms with Crippen molar-refractivity contribution in [1.29, 1.82) is 0 Å². The Bertz CT molecular complexity index is 469. The number of hydrogen-bond acceptors (Lipinski definition) is 3. The molecule has 5 heteroatoms. The average Bonchev–Trinajstić information content (AvgIpc) is 2.42. The Morgan fingerprint density at radius 1 is 1.11 bits per heavy atom. The van der Waals surface area contributed by atoms with Crippen molar-refractivity contribution in [3.63, 3.8) is 0 Å². The largest absolute Gasteiger partial charge is 0.326 e. The van der Waals surface area contributed by atoms with E-state index >= 15 is 0 Å². The molecule has 19 heavy (non-hydrogen) atoms. The molecule has 0 fully saturated rings. The van der Waals surface area contributed by atoms with Crippen LogP contribution >= 0.6 is 0 Å². The molecule has 2 N–H and O–H groups in total. The second-order valence-corrected chi connectivity index (χ2v) is 6.63. The summed E-state index contributed by atoms with van der Waals surface area (Å²) in [4.78, 5) is 0. The highest BCUT2D eigenvalue weighted by Crippen LogP contribution is 2.20. The van der Waals surface area contributed by atoms with Crippen molar-refractivity contribution in [2.45, 2.75) is 39.7 Å². The summed E-state index contributed by atoms with van der Waals surface area (Å²) in [5.41, 5.74) is 7.29. The molecule has 0 bridgehead atoms. The molecule has 0 aromatic heterocycles. The van der Waals surface area contributed by atoms with Crippen molar-refractivity contribution in [2.75, 3.05) is 16.6 Å². The third-order valence-electron chi connectivity index (χ3n) is 2.98. The van der Waals surface area contributed by atoms with E-state index in [0.29, 0.717) is 19.5 Å². The van der Waals surface area contributed by atoms with Gasteiger partial charge in [-0.2, -0.15) is 0 Å². The van der Waals surface area contributed by atoms with Crippen LogP contribution in [0.2, 0.25) is 0 Å². The van der Waals surface area contributed by atoms with Crippen molar-refractivity contribution in [3.05, 3.63) is 29.8 Å². The lowest BCUT2D eigenvalue weighted by atomic mass is 10.2. The minimum atomic E-state index is -3.22. The predicted molar refractivity (Wildman–Crippen MR) is 80.7 cm³/mol. The second kappa shape index (κ2) is 7.50. The standard InChI is InChI=1S/C14H24N2O2S/c1-3-5-11-19(17,18)16(10-4-2)14-8-6-13(12-15)7-9-14/h6-9H,3-5,10-12,15H2,1-2H3. The lowest BCUT2D eigenvalue weighted by molar-refractivity contribution is 0.586. The van der Waals surface area contributed by atoms with E-state index in [-0.39, 0.29) is 5.75 Å². The van der Waals surface area contributed by atoms with Gasteiger partial charge in [0, 0.05) is 13.1 Å². The number of sulfonamides is 1. The summed E-state index contributed by atoms with van der Waals surface area (Å²) in [5.74, 6) is 0.210. The smallest absolute Gasteiger partial charge is 0.235 e. The molecule has 1 aromatic carbocycles. The van der Waals surface area contributed by atoms with Crippen molar-refractivity contribution < 1.29 is 8.42 Å². The van der Waals surface area contributed by atoms with Crippen molar-refractivity contribution in [2.24, 2.45) is 5.73 Å². The van der Waals surface area contributed by atoms with Crippen LogP contribution in [0.5, 0.6) is 0 Å². The van der Waals surface area contributed by atoms with Gasteiger partial charge in [0.1, 0.15) is 0 Å². The first-order chi connectivity index (χ1) is 9.05. The topological polar surface area (TPSA) is 63.4 Å². The molecule has 0 atom stereocenters. The molecule has 1 aromatic rings. The van der Waals surface area contributed by atoms with E-state index in [1.54, 1.807) is 0 Å². The molecule has 108 valence electrons. The van der Waals surface area contributed by atoms with Crippen LogP contribution in [0.3, 0.4) is 0 Å². The summed E-state index contributed by atoms with van der Waals surface area (Å²) in [6.07, 6.45) is 2.37. The van der Waals surface area contributed by atoms with Gasteiger partial charge in [0.25, 0.3) is 0 Å². The van der Waals surface area contributed by atoms with Gasteiger partial charge in [-0.1, -0.05) is 32.4 Å². The molecule has 0 heterocycles. The van der Waals surface area contributed by atoms with Gasteiger partial charge in [-0.05, 0) is 30.5 Å². The summed E-state index contributed by atoms with van der Waals surface area (Å²) >= 11 is 0. The zero-order chi connectivity index (χ0) is 14.3. The number of benzene rings is 1. The Balaban J connectivity index is 2.98. The fourth-order valence-electron chi connectivity index (χ4n) is 1.87. The summed E-state index contributed by atoms with van der Waals surface area (Å²) in [5, 5.41) is 0. The molecule has 0 unspecified atom stereocenters. The normalized spacial score (nSPS) is 11.5. The summed E-state index contributed by atoms with van der Waals surface area (Å²) in [6, 6.07) is 7.43. The maximum absolute atomic E-state index is 12.3. The van der Waals surface area contributed by atoms with Crippen LogP contribution in [0.4, 0.5) is 5.69 Å².